The molecule has 0 bridgehead atoms. The van der Waals surface area contributed by atoms with E-state index < -0.39 is 0 Å². The van der Waals surface area contributed by atoms with Gasteiger partial charge in [0.05, 0.1) is 0 Å². The van der Waals surface area contributed by atoms with Crippen molar-refractivity contribution in [3.63, 3.8) is 0 Å². The van der Waals surface area contributed by atoms with Gasteiger partial charge in [0.25, 0.3) is 0 Å². The van der Waals surface area contributed by atoms with Crippen molar-refractivity contribution >= 4 is 0 Å². The van der Waals surface area contributed by atoms with Crippen molar-refractivity contribution in [1.29, 1.82) is 0 Å². The van der Waals surface area contributed by atoms with E-state index in [0.717, 1.165) is 16.7 Å². The first kappa shape index (κ1) is 10.7. The lowest BCUT2D eigenvalue weighted by Gasteiger charge is -2.08. The van der Waals surface area contributed by atoms with Crippen LogP contribution in [0.15, 0.2) is 48.5 Å². The highest BCUT2D eigenvalue weighted by Gasteiger charge is 2.02. The second-order valence-electron chi connectivity index (χ2n) is 3.96. The van der Waals surface area contributed by atoms with E-state index in [1.165, 1.54) is 0 Å². The fourth-order valence-electron chi connectivity index (χ4n) is 1.66. The van der Waals surface area contributed by atoms with Crippen molar-refractivity contribution < 1.29 is 5.11 Å². The number of hydrogen-bond donors (Lipinski definition) is 2. The van der Waals surface area contributed by atoms with E-state index in [9.17, 15) is 5.11 Å². The van der Waals surface area contributed by atoms with Crippen molar-refractivity contribution in [2.24, 2.45) is 5.73 Å². The maximum Gasteiger partial charge on any atom is 0.115 e. The fourth-order valence-corrected chi connectivity index (χ4v) is 1.66. The van der Waals surface area contributed by atoms with Crippen LogP contribution in [0.25, 0.3) is 11.1 Å². The molecule has 1 atom stereocenters. The van der Waals surface area contributed by atoms with E-state index in [2.05, 4.69) is 6.07 Å². The Bertz CT molecular complexity index is 474. The Kier molecular flexibility index (Phi) is 2.93. The number of phenols is 1. The maximum absolute atomic E-state index is 9.23. The smallest absolute Gasteiger partial charge is 0.115 e. The molecular formula is C14H15NO. The zero-order valence-corrected chi connectivity index (χ0v) is 9.22. The van der Waals surface area contributed by atoms with Crippen LogP contribution in [0.5, 0.6) is 5.75 Å². The Morgan fingerprint density at radius 1 is 1.00 bits per heavy atom. The molecule has 0 fully saturated rings. The van der Waals surface area contributed by atoms with Crippen LogP contribution < -0.4 is 5.73 Å². The van der Waals surface area contributed by atoms with Gasteiger partial charge in [-0.05, 0) is 41.8 Å². The van der Waals surface area contributed by atoms with Crippen LogP contribution in [0.4, 0.5) is 0 Å². The largest absolute Gasteiger partial charge is 0.508 e. The van der Waals surface area contributed by atoms with Gasteiger partial charge in [0.15, 0.2) is 0 Å². The predicted octanol–water partition coefficient (Wildman–Crippen LogP) is 3.08. The summed E-state index contributed by atoms with van der Waals surface area (Å²) in [4.78, 5) is 0. The van der Waals surface area contributed by atoms with Crippen LogP contribution in [0.3, 0.4) is 0 Å². The number of benzene rings is 2. The highest BCUT2D eigenvalue weighted by Crippen LogP contribution is 2.24. The molecular weight excluding hydrogens is 198 g/mol. The molecule has 0 heterocycles. The van der Waals surface area contributed by atoms with E-state index in [0.29, 0.717) is 0 Å². The molecule has 2 nitrogen and oxygen atoms in total. The molecule has 0 radical (unpaired) electrons. The molecule has 0 aliphatic carbocycles. The van der Waals surface area contributed by atoms with Gasteiger partial charge in [0.1, 0.15) is 5.75 Å². The number of aromatic hydroxyl groups is 1. The average Bonchev–Trinajstić information content (AvgIpc) is 2.30. The van der Waals surface area contributed by atoms with Gasteiger partial charge in [-0.3, -0.25) is 0 Å². The maximum atomic E-state index is 9.23. The van der Waals surface area contributed by atoms with Crippen molar-refractivity contribution in [1.82, 2.24) is 0 Å². The summed E-state index contributed by atoms with van der Waals surface area (Å²) in [6.45, 7) is 1.97. The van der Waals surface area contributed by atoms with Crippen molar-refractivity contribution in [3.05, 3.63) is 54.1 Å². The minimum absolute atomic E-state index is 0.0389. The molecule has 82 valence electrons. The first-order valence-electron chi connectivity index (χ1n) is 5.32. The molecule has 1 unspecified atom stereocenters. The van der Waals surface area contributed by atoms with Crippen LogP contribution in [-0.2, 0) is 0 Å². The van der Waals surface area contributed by atoms with Gasteiger partial charge < -0.3 is 10.8 Å². The third kappa shape index (κ3) is 2.23. The first-order chi connectivity index (χ1) is 7.66. The zero-order chi connectivity index (χ0) is 11.5. The summed E-state index contributed by atoms with van der Waals surface area (Å²) < 4.78 is 0. The predicted molar refractivity (Wildman–Crippen MR) is 66.1 cm³/mol. The monoisotopic (exact) mass is 213 g/mol. The summed E-state index contributed by atoms with van der Waals surface area (Å²) in [7, 11) is 0. The lowest BCUT2D eigenvalue weighted by atomic mass is 10.0. The molecule has 16 heavy (non-hydrogen) atoms. The van der Waals surface area contributed by atoms with E-state index in [4.69, 9.17) is 5.73 Å². The van der Waals surface area contributed by atoms with Crippen molar-refractivity contribution in [3.8, 4) is 16.9 Å². The Hall–Kier alpha value is -1.80. The molecule has 2 aromatic carbocycles. The Labute approximate surface area is 95.4 Å². The minimum Gasteiger partial charge on any atom is -0.508 e. The summed E-state index contributed by atoms with van der Waals surface area (Å²) in [5.41, 5.74) is 9.16. The molecule has 0 aliphatic heterocycles. The number of hydrogen-bond acceptors (Lipinski definition) is 2. The van der Waals surface area contributed by atoms with Gasteiger partial charge >= 0.3 is 0 Å². The summed E-state index contributed by atoms with van der Waals surface area (Å²) in [6, 6.07) is 15.4. The minimum atomic E-state index is 0.0389. The molecule has 0 amide bonds. The van der Waals surface area contributed by atoms with Crippen LogP contribution in [0.1, 0.15) is 18.5 Å². The second-order valence-corrected chi connectivity index (χ2v) is 3.96. The average molecular weight is 213 g/mol. The third-order valence-electron chi connectivity index (χ3n) is 2.61. The summed E-state index contributed by atoms with van der Waals surface area (Å²) >= 11 is 0. The van der Waals surface area contributed by atoms with Crippen molar-refractivity contribution in [2.75, 3.05) is 0 Å². The zero-order valence-electron chi connectivity index (χ0n) is 9.22. The van der Waals surface area contributed by atoms with Gasteiger partial charge in [-0.15, -0.1) is 0 Å². The molecule has 2 rings (SSSR count). The first-order valence-corrected chi connectivity index (χ1v) is 5.32. The SMILES string of the molecule is CC(N)c1cccc(-c2ccc(O)cc2)c1. The lowest BCUT2D eigenvalue weighted by Crippen LogP contribution is -2.04. The van der Waals surface area contributed by atoms with Gasteiger partial charge in [0, 0.05) is 6.04 Å². The van der Waals surface area contributed by atoms with Crippen LogP contribution in [-0.4, -0.2) is 5.11 Å². The van der Waals surface area contributed by atoms with Crippen molar-refractivity contribution in [2.45, 2.75) is 13.0 Å². The number of phenolic OH excluding ortho intramolecular Hbond substituents is 1. The van der Waals surface area contributed by atoms with Crippen LogP contribution in [0.2, 0.25) is 0 Å². The van der Waals surface area contributed by atoms with E-state index in [1.54, 1.807) is 12.1 Å². The molecule has 0 saturated carbocycles. The van der Waals surface area contributed by atoms with E-state index in [1.807, 2.05) is 37.3 Å². The quantitative estimate of drug-likeness (QED) is 0.805. The molecule has 0 aliphatic rings. The van der Waals surface area contributed by atoms with Gasteiger partial charge in [-0.1, -0.05) is 30.3 Å². The molecule has 2 aromatic rings. The normalized spacial score (nSPS) is 12.4. The van der Waals surface area contributed by atoms with Gasteiger partial charge in [0.2, 0.25) is 0 Å². The topological polar surface area (TPSA) is 46.2 Å². The third-order valence-corrected chi connectivity index (χ3v) is 2.61. The molecule has 0 aromatic heterocycles. The fraction of sp³-hybridized carbons (Fsp3) is 0.143. The Morgan fingerprint density at radius 3 is 2.31 bits per heavy atom. The second kappa shape index (κ2) is 4.37. The number of rotatable bonds is 2. The van der Waals surface area contributed by atoms with Gasteiger partial charge in [-0.2, -0.15) is 0 Å². The summed E-state index contributed by atoms with van der Waals surface area (Å²) in [5.74, 6) is 0.284. The van der Waals surface area contributed by atoms with Crippen LogP contribution in [0, 0.1) is 0 Å². The standard InChI is InChI=1S/C14H15NO/c1-10(15)12-3-2-4-13(9-12)11-5-7-14(16)8-6-11/h2-10,16H,15H2,1H3. The Morgan fingerprint density at radius 2 is 1.69 bits per heavy atom. The summed E-state index contributed by atoms with van der Waals surface area (Å²) in [6.07, 6.45) is 0. The highest BCUT2D eigenvalue weighted by molar-refractivity contribution is 5.65. The molecule has 0 saturated heterocycles. The van der Waals surface area contributed by atoms with Gasteiger partial charge in [-0.25, -0.2) is 0 Å². The molecule has 3 N–H and O–H groups in total. The van der Waals surface area contributed by atoms with E-state index >= 15 is 0 Å². The lowest BCUT2D eigenvalue weighted by molar-refractivity contribution is 0.475. The Balaban J connectivity index is 2.40. The molecule has 0 spiro atoms. The summed E-state index contributed by atoms with van der Waals surface area (Å²) in [5, 5.41) is 9.23. The number of nitrogens with two attached hydrogens (primary N) is 1. The van der Waals surface area contributed by atoms with Crippen LogP contribution >= 0.6 is 0 Å². The van der Waals surface area contributed by atoms with E-state index in [-0.39, 0.29) is 11.8 Å². The molecule has 2 heteroatoms. The highest BCUT2D eigenvalue weighted by atomic mass is 16.3.